The Morgan fingerprint density at radius 3 is 1.80 bits per heavy atom. The summed E-state index contributed by atoms with van der Waals surface area (Å²) in [4.78, 5) is 33.7. The molecular formula is C30H40N8O2. The van der Waals surface area contributed by atoms with Crippen molar-refractivity contribution in [3.8, 4) is 0 Å². The van der Waals surface area contributed by atoms with Crippen LogP contribution in [0.5, 0.6) is 0 Å². The quantitative estimate of drug-likeness (QED) is 0.221. The van der Waals surface area contributed by atoms with Crippen LogP contribution in [0.3, 0.4) is 0 Å². The van der Waals surface area contributed by atoms with Gasteiger partial charge in [0, 0.05) is 19.0 Å². The molecule has 10 nitrogen and oxygen atoms in total. The molecule has 0 unspecified atom stereocenters. The Morgan fingerprint density at radius 2 is 1.25 bits per heavy atom. The second-order valence-electron chi connectivity index (χ2n) is 11.5. The van der Waals surface area contributed by atoms with Crippen molar-refractivity contribution in [2.75, 3.05) is 0 Å². The zero-order chi connectivity index (χ0) is 28.1. The standard InChI is InChI=1S/C30H40N8O2/c31-14-18-3-1-4-19(7-18)16-35-28(32)37-30(40)38-29(33)36-17-21-6-2-5-20(8-21)15-34-27(39)26-24-10-22-9-23(12-24)13-25(26)11-22/h1-8,22-26H,9-17,31H2,(H,34,39)(H6,32,33,35,36,37,38,40). The molecule has 0 heterocycles. The fraction of sp³-hybridized carbons (Fsp3) is 0.467. The number of hydrogen-bond acceptors (Lipinski definition) is 5. The molecule has 0 atom stereocenters. The molecule has 0 aliphatic heterocycles. The summed E-state index contributed by atoms with van der Waals surface area (Å²) in [6.07, 6.45) is 6.31. The maximum Gasteiger partial charge on any atom is 0.328 e. The van der Waals surface area contributed by atoms with Crippen LogP contribution in [0.15, 0.2) is 58.5 Å². The molecule has 4 fully saturated rings. The van der Waals surface area contributed by atoms with Gasteiger partial charge >= 0.3 is 6.03 Å². The summed E-state index contributed by atoms with van der Waals surface area (Å²) in [5.74, 6) is 3.16. The van der Waals surface area contributed by atoms with Gasteiger partial charge in [-0.3, -0.25) is 15.4 Å². The first kappa shape index (κ1) is 27.6. The fourth-order valence-corrected chi connectivity index (χ4v) is 7.05. The molecule has 0 radical (unpaired) electrons. The Hall–Kier alpha value is -3.92. The number of rotatable bonds is 8. The van der Waals surface area contributed by atoms with E-state index in [0.717, 1.165) is 34.1 Å². The normalized spacial score (nSPS) is 25.5. The number of guanidine groups is 2. The summed E-state index contributed by atoms with van der Waals surface area (Å²) >= 11 is 0. The highest BCUT2D eigenvalue weighted by atomic mass is 16.2. The maximum absolute atomic E-state index is 13.1. The minimum Gasteiger partial charge on any atom is -0.370 e. The van der Waals surface area contributed by atoms with Crippen LogP contribution in [0.4, 0.5) is 4.79 Å². The third-order valence-corrected chi connectivity index (χ3v) is 8.56. The summed E-state index contributed by atoms with van der Waals surface area (Å²) in [5.41, 5.74) is 21.2. The second kappa shape index (κ2) is 12.5. The third kappa shape index (κ3) is 6.98. The van der Waals surface area contributed by atoms with Crippen molar-refractivity contribution in [1.82, 2.24) is 16.0 Å². The Labute approximate surface area is 235 Å². The Balaban J connectivity index is 1.07. The number of benzene rings is 2. The Morgan fingerprint density at radius 1 is 0.750 bits per heavy atom. The van der Waals surface area contributed by atoms with E-state index in [1.165, 1.54) is 32.1 Å². The minimum atomic E-state index is -0.626. The molecule has 9 N–H and O–H groups in total. The van der Waals surface area contributed by atoms with Gasteiger partial charge in [0.15, 0.2) is 11.9 Å². The van der Waals surface area contributed by atoms with Crippen LogP contribution in [0.25, 0.3) is 0 Å². The van der Waals surface area contributed by atoms with E-state index in [2.05, 4.69) is 25.9 Å². The number of urea groups is 1. The van der Waals surface area contributed by atoms with Crippen LogP contribution in [-0.4, -0.2) is 23.9 Å². The van der Waals surface area contributed by atoms with Crippen LogP contribution in [0.2, 0.25) is 0 Å². The predicted octanol–water partition coefficient (Wildman–Crippen LogP) is 2.46. The van der Waals surface area contributed by atoms with E-state index >= 15 is 0 Å². The van der Waals surface area contributed by atoms with Gasteiger partial charge < -0.3 is 22.5 Å². The van der Waals surface area contributed by atoms with E-state index in [-0.39, 0.29) is 30.3 Å². The average molecular weight is 545 g/mol. The van der Waals surface area contributed by atoms with Crippen molar-refractivity contribution < 1.29 is 9.59 Å². The van der Waals surface area contributed by atoms with E-state index in [9.17, 15) is 9.59 Å². The van der Waals surface area contributed by atoms with Crippen LogP contribution in [-0.2, 0) is 31.0 Å². The van der Waals surface area contributed by atoms with Crippen LogP contribution in [0.1, 0.15) is 54.4 Å². The number of carbonyl (C=O) groups is 2. The molecular weight excluding hydrogens is 504 g/mol. The molecule has 6 rings (SSSR count). The highest BCUT2D eigenvalue weighted by Crippen LogP contribution is 2.56. The molecule has 212 valence electrons. The van der Waals surface area contributed by atoms with Gasteiger partial charge in [0.05, 0.1) is 13.1 Å². The molecule has 2 aromatic rings. The van der Waals surface area contributed by atoms with Gasteiger partial charge in [-0.05, 0) is 78.0 Å². The van der Waals surface area contributed by atoms with E-state index in [1.54, 1.807) is 0 Å². The Bertz CT molecular complexity index is 1260. The molecule has 3 amide bonds. The van der Waals surface area contributed by atoms with Crippen molar-refractivity contribution in [3.05, 3.63) is 70.8 Å². The molecule has 10 heteroatoms. The van der Waals surface area contributed by atoms with Crippen LogP contribution < -0.4 is 33.2 Å². The smallest absolute Gasteiger partial charge is 0.328 e. The molecule has 4 bridgehead atoms. The molecule has 40 heavy (non-hydrogen) atoms. The number of carbonyl (C=O) groups excluding carboxylic acids is 2. The predicted molar refractivity (Wildman–Crippen MR) is 155 cm³/mol. The van der Waals surface area contributed by atoms with Crippen molar-refractivity contribution in [3.63, 3.8) is 0 Å². The Kier molecular flexibility index (Phi) is 8.64. The number of amides is 3. The third-order valence-electron chi connectivity index (χ3n) is 8.56. The van der Waals surface area contributed by atoms with Crippen LogP contribution >= 0.6 is 0 Å². The molecule has 0 saturated heterocycles. The zero-order valence-electron chi connectivity index (χ0n) is 22.8. The number of nitrogens with two attached hydrogens (primary N) is 3. The lowest BCUT2D eigenvalue weighted by Crippen LogP contribution is -2.50. The number of aliphatic imine (C=N–C) groups is 2. The molecule has 4 saturated carbocycles. The van der Waals surface area contributed by atoms with Gasteiger partial charge in [-0.25, -0.2) is 14.8 Å². The monoisotopic (exact) mass is 544 g/mol. The molecule has 4 aliphatic carbocycles. The maximum atomic E-state index is 13.1. The van der Waals surface area contributed by atoms with Gasteiger partial charge in [-0.1, -0.05) is 48.5 Å². The lowest BCUT2D eigenvalue weighted by Gasteiger charge is -2.53. The summed E-state index contributed by atoms with van der Waals surface area (Å²) in [6.45, 7) is 1.52. The minimum absolute atomic E-state index is 0.0353. The van der Waals surface area contributed by atoms with Crippen LogP contribution in [0, 0.1) is 29.6 Å². The highest BCUT2D eigenvalue weighted by molar-refractivity contribution is 6.03. The fourth-order valence-electron chi connectivity index (χ4n) is 7.05. The van der Waals surface area contributed by atoms with Gasteiger partial charge in [-0.2, -0.15) is 0 Å². The molecule has 4 aliphatic rings. The molecule has 0 spiro atoms. The second-order valence-corrected chi connectivity index (χ2v) is 11.5. The van der Waals surface area contributed by atoms with E-state index in [4.69, 9.17) is 17.2 Å². The van der Waals surface area contributed by atoms with Crippen molar-refractivity contribution in [2.45, 2.75) is 58.3 Å². The first-order valence-electron chi connectivity index (χ1n) is 14.2. The van der Waals surface area contributed by atoms with E-state index in [0.29, 0.717) is 31.5 Å². The number of hydrogen-bond donors (Lipinski definition) is 6. The zero-order valence-corrected chi connectivity index (χ0v) is 22.8. The summed E-state index contributed by atoms with van der Waals surface area (Å²) in [5, 5.41) is 8.10. The SMILES string of the molecule is NCc1cccc(CN=C(N)NC(=O)NC(N)=NCc2cccc(CNC(=O)C3C4CC5CC(C4)CC3C5)c2)c1. The summed E-state index contributed by atoms with van der Waals surface area (Å²) in [6, 6.07) is 14.9. The number of nitrogens with one attached hydrogen (secondary N) is 3. The van der Waals surface area contributed by atoms with E-state index in [1.807, 2.05) is 48.5 Å². The lowest BCUT2D eigenvalue weighted by atomic mass is 9.51. The van der Waals surface area contributed by atoms with Gasteiger partial charge in [0.25, 0.3) is 0 Å². The first-order valence-corrected chi connectivity index (χ1v) is 14.2. The first-order chi connectivity index (χ1) is 19.4. The summed E-state index contributed by atoms with van der Waals surface area (Å²) < 4.78 is 0. The van der Waals surface area contributed by atoms with Crippen molar-refractivity contribution in [2.24, 2.45) is 56.8 Å². The van der Waals surface area contributed by atoms with Gasteiger partial charge in [-0.15, -0.1) is 0 Å². The van der Waals surface area contributed by atoms with Gasteiger partial charge in [0.1, 0.15) is 0 Å². The highest BCUT2D eigenvalue weighted by Gasteiger charge is 2.50. The van der Waals surface area contributed by atoms with Crippen molar-refractivity contribution >= 4 is 23.9 Å². The van der Waals surface area contributed by atoms with Gasteiger partial charge in [0.2, 0.25) is 5.91 Å². The molecule has 2 aromatic carbocycles. The molecule has 0 aromatic heterocycles. The summed E-state index contributed by atoms with van der Waals surface area (Å²) in [7, 11) is 0. The topological polar surface area (TPSA) is 173 Å². The lowest BCUT2D eigenvalue weighted by molar-refractivity contribution is -0.138. The average Bonchev–Trinajstić information content (AvgIpc) is 2.93. The largest absolute Gasteiger partial charge is 0.370 e. The van der Waals surface area contributed by atoms with Crippen molar-refractivity contribution in [1.29, 1.82) is 0 Å². The van der Waals surface area contributed by atoms with E-state index < -0.39 is 6.03 Å². The number of nitrogens with zero attached hydrogens (tertiary/aromatic N) is 2.